The van der Waals surface area contributed by atoms with Crippen LogP contribution in [0.15, 0.2) is 12.1 Å². The molecule has 0 spiro atoms. The molecule has 0 aliphatic carbocycles. The van der Waals surface area contributed by atoms with Crippen molar-refractivity contribution in [1.82, 2.24) is 0 Å². The standard InChI is InChI=1S/C12H16ClO2/c1-3-8-14-11-7-5-6-10(13)12(11)15-9-4-2/h5-6H,3-4,8-9H2,1-2H3. The van der Waals surface area contributed by atoms with Gasteiger partial charge in [0.15, 0.2) is 11.5 Å². The SMILES string of the molecule is CCCOc1[c]ccc(Cl)c1OCCC. The lowest BCUT2D eigenvalue weighted by molar-refractivity contribution is 0.268. The number of benzene rings is 1. The van der Waals surface area contributed by atoms with E-state index in [2.05, 4.69) is 13.0 Å². The van der Waals surface area contributed by atoms with E-state index in [1.165, 1.54) is 0 Å². The summed E-state index contributed by atoms with van der Waals surface area (Å²) < 4.78 is 11.0. The van der Waals surface area contributed by atoms with E-state index in [4.69, 9.17) is 21.1 Å². The highest BCUT2D eigenvalue weighted by molar-refractivity contribution is 6.32. The molecule has 1 rings (SSSR count). The second-order valence-electron chi connectivity index (χ2n) is 3.18. The summed E-state index contributed by atoms with van der Waals surface area (Å²) in [6.07, 6.45) is 1.89. The molecule has 0 unspecified atom stereocenters. The van der Waals surface area contributed by atoms with Gasteiger partial charge in [0.05, 0.1) is 18.2 Å². The lowest BCUT2D eigenvalue weighted by Crippen LogP contribution is -2.01. The average molecular weight is 228 g/mol. The summed E-state index contributed by atoms with van der Waals surface area (Å²) in [6, 6.07) is 6.49. The minimum Gasteiger partial charge on any atom is -0.489 e. The molecule has 0 N–H and O–H groups in total. The van der Waals surface area contributed by atoms with Crippen molar-refractivity contribution in [3.8, 4) is 11.5 Å². The van der Waals surface area contributed by atoms with Gasteiger partial charge in [-0.1, -0.05) is 25.4 Å². The van der Waals surface area contributed by atoms with Crippen LogP contribution in [0.2, 0.25) is 5.02 Å². The van der Waals surface area contributed by atoms with Gasteiger partial charge in [-0.3, -0.25) is 0 Å². The van der Waals surface area contributed by atoms with E-state index in [1.807, 2.05) is 6.92 Å². The van der Waals surface area contributed by atoms with Gasteiger partial charge in [0.25, 0.3) is 0 Å². The molecule has 0 atom stereocenters. The van der Waals surface area contributed by atoms with Crippen molar-refractivity contribution in [3.63, 3.8) is 0 Å². The molecule has 2 nitrogen and oxygen atoms in total. The van der Waals surface area contributed by atoms with Gasteiger partial charge in [-0.25, -0.2) is 0 Å². The minimum atomic E-state index is 0.577. The van der Waals surface area contributed by atoms with Gasteiger partial charge in [-0.2, -0.15) is 0 Å². The Hall–Kier alpha value is -0.890. The van der Waals surface area contributed by atoms with Gasteiger partial charge in [-0.05, 0) is 25.0 Å². The highest BCUT2D eigenvalue weighted by atomic mass is 35.5. The van der Waals surface area contributed by atoms with Crippen LogP contribution >= 0.6 is 11.6 Å². The molecule has 0 bridgehead atoms. The van der Waals surface area contributed by atoms with Crippen LogP contribution in [-0.2, 0) is 0 Å². The van der Waals surface area contributed by atoms with Gasteiger partial charge in [0.1, 0.15) is 0 Å². The van der Waals surface area contributed by atoms with Crippen LogP contribution < -0.4 is 9.47 Å². The van der Waals surface area contributed by atoms with Crippen LogP contribution in [0.1, 0.15) is 26.7 Å². The smallest absolute Gasteiger partial charge is 0.180 e. The van der Waals surface area contributed by atoms with E-state index in [1.54, 1.807) is 12.1 Å². The predicted octanol–water partition coefficient (Wildman–Crippen LogP) is 3.72. The van der Waals surface area contributed by atoms with Gasteiger partial charge >= 0.3 is 0 Å². The maximum atomic E-state index is 6.02. The Bertz CT molecular complexity index is 300. The third kappa shape index (κ3) is 3.63. The minimum absolute atomic E-state index is 0.577. The summed E-state index contributed by atoms with van der Waals surface area (Å²) in [5.74, 6) is 1.22. The average Bonchev–Trinajstić information content (AvgIpc) is 2.25. The summed E-state index contributed by atoms with van der Waals surface area (Å²) in [5.41, 5.74) is 0. The third-order valence-corrected chi connectivity index (χ3v) is 2.07. The predicted molar refractivity (Wildman–Crippen MR) is 61.9 cm³/mol. The summed E-state index contributed by atoms with van der Waals surface area (Å²) in [7, 11) is 0. The Balaban J connectivity index is 2.77. The largest absolute Gasteiger partial charge is 0.489 e. The van der Waals surface area contributed by atoms with E-state index < -0.39 is 0 Å². The van der Waals surface area contributed by atoms with Gasteiger partial charge in [-0.15, -0.1) is 0 Å². The molecule has 1 aromatic carbocycles. The fourth-order valence-electron chi connectivity index (χ4n) is 1.09. The van der Waals surface area contributed by atoms with Crippen LogP contribution in [-0.4, -0.2) is 13.2 Å². The van der Waals surface area contributed by atoms with Crippen LogP contribution in [0.3, 0.4) is 0 Å². The molecule has 0 saturated carbocycles. The van der Waals surface area contributed by atoms with Gasteiger partial charge in [0, 0.05) is 6.07 Å². The quantitative estimate of drug-likeness (QED) is 0.738. The fraction of sp³-hybridized carbons (Fsp3) is 0.500. The van der Waals surface area contributed by atoms with Gasteiger partial charge < -0.3 is 9.47 Å². The molecule has 0 saturated heterocycles. The normalized spacial score (nSPS) is 10.1. The molecule has 0 aliphatic heterocycles. The fourth-order valence-corrected chi connectivity index (χ4v) is 1.29. The number of rotatable bonds is 6. The van der Waals surface area contributed by atoms with E-state index >= 15 is 0 Å². The molecule has 0 amide bonds. The first-order chi connectivity index (χ1) is 7.29. The Morgan fingerprint density at radius 1 is 1.20 bits per heavy atom. The molecule has 83 valence electrons. The first-order valence-electron chi connectivity index (χ1n) is 5.25. The number of hydrogen-bond donors (Lipinski definition) is 0. The topological polar surface area (TPSA) is 18.5 Å². The monoisotopic (exact) mass is 227 g/mol. The molecule has 0 heterocycles. The van der Waals surface area contributed by atoms with Crippen molar-refractivity contribution in [3.05, 3.63) is 23.2 Å². The maximum Gasteiger partial charge on any atom is 0.180 e. The van der Waals surface area contributed by atoms with Crippen molar-refractivity contribution in [2.45, 2.75) is 26.7 Å². The van der Waals surface area contributed by atoms with Crippen LogP contribution in [0.25, 0.3) is 0 Å². The number of ether oxygens (including phenoxy) is 2. The molecule has 15 heavy (non-hydrogen) atoms. The Morgan fingerprint density at radius 3 is 2.53 bits per heavy atom. The molecule has 0 fully saturated rings. The van der Waals surface area contributed by atoms with Crippen molar-refractivity contribution >= 4 is 11.6 Å². The number of halogens is 1. The Labute approximate surface area is 96.2 Å². The first kappa shape index (κ1) is 12.2. The summed E-state index contributed by atoms with van der Waals surface area (Å²) >= 11 is 6.02. The van der Waals surface area contributed by atoms with E-state index in [0.29, 0.717) is 29.7 Å². The van der Waals surface area contributed by atoms with Crippen molar-refractivity contribution < 1.29 is 9.47 Å². The second kappa shape index (κ2) is 6.57. The molecule has 0 aliphatic rings. The van der Waals surface area contributed by atoms with Crippen molar-refractivity contribution in [2.75, 3.05) is 13.2 Å². The molecular weight excluding hydrogens is 212 g/mol. The lowest BCUT2D eigenvalue weighted by atomic mass is 10.3. The van der Waals surface area contributed by atoms with E-state index in [9.17, 15) is 0 Å². The molecule has 1 aromatic rings. The molecule has 0 aromatic heterocycles. The summed E-state index contributed by atoms with van der Waals surface area (Å²) in [6.45, 7) is 5.39. The van der Waals surface area contributed by atoms with Crippen LogP contribution in [0, 0.1) is 6.07 Å². The zero-order chi connectivity index (χ0) is 11.1. The Kier molecular flexibility index (Phi) is 5.33. The Morgan fingerprint density at radius 2 is 1.87 bits per heavy atom. The number of hydrogen-bond acceptors (Lipinski definition) is 2. The van der Waals surface area contributed by atoms with Crippen LogP contribution in [0.5, 0.6) is 11.5 Å². The summed E-state index contributed by atoms with van der Waals surface area (Å²) in [4.78, 5) is 0. The zero-order valence-electron chi connectivity index (χ0n) is 9.18. The van der Waals surface area contributed by atoms with Crippen LogP contribution in [0.4, 0.5) is 0 Å². The first-order valence-corrected chi connectivity index (χ1v) is 5.63. The van der Waals surface area contributed by atoms with Crippen molar-refractivity contribution in [1.29, 1.82) is 0 Å². The third-order valence-electron chi connectivity index (χ3n) is 1.77. The summed E-state index contributed by atoms with van der Waals surface area (Å²) in [5, 5.41) is 0.577. The van der Waals surface area contributed by atoms with Crippen molar-refractivity contribution in [2.24, 2.45) is 0 Å². The van der Waals surface area contributed by atoms with E-state index in [0.717, 1.165) is 12.8 Å². The highest BCUT2D eigenvalue weighted by Gasteiger charge is 2.09. The van der Waals surface area contributed by atoms with E-state index in [-0.39, 0.29) is 0 Å². The zero-order valence-corrected chi connectivity index (χ0v) is 9.93. The molecular formula is C12H16ClO2. The lowest BCUT2D eigenvalue weighted by Gasteiger charge is -2.12. The maximum absolute atomic E-state index is 6.02. The highest BCUT2D eigenvalue weighted by Crippen LogP contribution is 2.34. The molecule has 3 heteroatoms. The second-order valence-corrected chi connectivity index (χ2v) is 3.59. The van der Waals surface area contributed by atoms with Gasteiger partial charge in [0.2, 0.25) is 0 Å². The molecule has 1 radical (unpaired) electrons.